The maximum Gasteiger partial charge on any atom is 0.253 e. The summed E-state index contributed by atoms with van der Waals surface area (Å²) in [5, 5.41) is 3.17. The maximum atomic E-state index is 12.5. The van der Waals surface area contributed by atoms with Crippen LogP contribution in [0, 0.1) is 6.92 Å². The lowest BCUT2D eigenvalue weighted by Crippen LogP contribution is -2.44. The van der Waals surface area contributed by atoms with Crippen molar-refractivity contribution < 1.29 is 9.53 Å². The van der Waals surface area contributed by atoms with Crippen molar-refractivity contribution in [3.05, 3.63) is 77.9 Å². The van der Waals surface area contributed by atoms with Gasteiger partial charge in [0.15, 0.2) is 0 Å². The lowest BCUT2D eigenvalue weighted by Gasteiger charge is -2.32. The van der Waals surface area contributed by atoms with E-state index in [4.69, 9.17) is 4.74 Å². The Morgan fingerprint density at radius 1 is 1.12 bits per heavy atom. The molecule has 1 N–H and O–H groups in total. The fourth-order valence-corrected chi connectivity index (χ4v) is 4.14. The number of likely N-dealkylation sites (tertiary alicyclic amines) is 1. The number of hydrogen-bond donors (Lipinski definition) is 1. The molecule has 0 aliphatic carbocycles. The lowest BCUT2D eigenvalue weighted by atomic mass is 10.0. The Labute approximate surface area is 189 Å². The minimum Gasteiger partial charge on any atom is -0.493 e. The maximum absolute atomic E-state index is 12.5. The van der Waals surface area contributed by atoms with Crippen molar-refractivity contribution in [2.75, 3.05) is 19.7 Å². The predicted octanol–water partition coefficient (Wildman–Crippen LogP) is 4.25. The molecule has 1 aromatic carbocycles. The minimum atomic E-state index is -0.0352. The largest absolute Gasteiger partial charge is 0.493 e. The minimum absolute atomic E-state index is 0.0352. The number of hydrogen-bond acceptors (Lipinski definition) is 5. The number of nitrogens with zero attached hydrogens (tertiary/aromatic N) is 3. The normalized spacial score (nSPS) is 14.8. The zero-order chi connectivity index (χ0) is 22.3. The van der Waals surface area contributed by atoms with E-state index in [0.29, 0.717) is 12.2 Å². The summed E-state index contributed by atoms with van der Waals surface area (Å²) in [5.74, 6) is 0.860. The molecule has 166 valence electrons. The van der Waals surface area contributed by atoms with Gasteiger partial charge in [0.2, 0.25) is 0 Å². The number of benzene rings is 1. The summed E-state index contributed by atoms with van der Waals surface area (Å²) < 4.78 is 5.93. The van der Waals surface area contributed by atoms with Gasteiger partial charge in [0.05, 0.1) is 12.2 Å². The first kappa shape index (κ1) is 22.0. The van der Waals surface area contributed by atoms with E-state index in [0.717, 1.165) is 54.9 Å². The number of nitrogens with one attached hydrogen (secondary N) is 1. The van der Waals surface area contributed by atoms with E-state index in [1.807, 2.05) is 32.2 Å². The Balaban J connectivity index is 1.34. The van der Waals surface area contributed by atoms with Crippen molar-refractivity contribution in [1.82, 2.24) is 20.2 Å². The number of ether oxygens (including phenoxy) is 1. The van der Waals surface area contributed by atoms with Crippen LogP contribution in [-0.2, 0) is 6.54 Å². The van der Waals surface area contributed by atoms with Gasteiger partial charge in [0, 0.05) is 61.6 Å². The fourth-order valence-electron chi connectivity index (χ4n) is 4.14. The Bertz CT molecular complexity index is 1050. The standard InChI is InChI=1S/C26H30N4O2/c1-3-32-25-14-20(6-7-24(25)21-5-4-10-27-16-21)18-30-11-8-23(9-12-30)29-26(31)22-13-19(2)15-28-17-22/h4-7,10,13-17,23H,3,8-9,11-12,18H2,1-2H3,(H,29,31). The molecule has 2 aromatic heterocycles. The van der Waals surface area contributed by atoms with Gasteiger partial charge < -0.3 is 10.1 Å². The molecule has 32 heavy (non-hydrogen) atoms. The molecule has 3 aromatic rings. The van der Waals surface area contributed by atoms with Crippen molar-refractivity contribution in [2.45, 2.75) is 39.3 Å². The van der Waals surface area contributed by atoms with E-state index in [2.05, 4.69) is 44.5 Å². The number of aromatic nitrogens is 2. The lowest BCUT2D eigenvalue weighted by molar-refractivity contribution is 0.0908. The van der Waals surface area contributed by atoms with Gasteiger partial charge in [-0.05, 0) is 56.0 Å². The second kappa shape index (κ2) is 10.4. The summed E-state index contributed by atoms with van der Waals surface area (Å²) in [4.78, 5) is 23.3. The third-order valence-corrected chi connectivity index (χ3v) is 5.78. The third kappa shape index (κ3) is 5.51. The van der Waals surface area contributed by atoms with Crippen LogP contribution in [0.5, 0.6) is 5.75 Å². The summed E-state index contributed by atoms with van der Waals surface area (Å²) in [6, 6.07) is 12.5. The second-order valence-electron chi connectivity index (χ2n) is 8.28. The van der Waals surface area contributed by atoms with E-state index in [9.17, 15) is 4.79 Å². The van der Waals surface area contributed by atoms with Crippen molar-refractivity contribution in [3.8, 4) is 16.9 Å². The molecule has 3 heterocycles. The van der Waals surface area contributed by atoms with Crippen LogP contribution in [0.15, 0.2) is 61.2 Å². The molecular formula is C26H30N4O2. The van der Waals surface area contributed by atoms with Crippen LogP contribution < -0.4 is 10.1 Å². The molecule has 1 fully saturated rings. The van der Waals surface area contributed by atoms with Crippen LogP contribution in [0.3, 0.4) is 0 Å². The first-order valence-electron chi connectivity index (χ1n) is 11.2. The van der Waals surface area contributed by atoms with Gasteiger partial charge in [-0.25, -0.2) is 0 Å². The Morgan fingerprint density at radius 2 is 1.97 bits per heavy atom. The van der Waals surface area contributed by atoms with E-state index in [-0.39, 0.29) is 11.9 Å². The molecule has 0 atom stereocenters. The highest BCUT2D eigenvalue weighted by Gasteiger charge is 2.22. The van der Waals surface area contributed by atoms with Crippen molar-refractivity contribution in [2.24, 2.45) is 0 Å². The molecule has 0 radical (unpaired) electrons. The van der Waals surface area contributed by atoms with Crippen LogP contribution in [0.25, 0.3) is 11.1 Å². The van der Waals surface area contributed by atoms with E-state index >= 15 is 0 Å². The molecule has 0 saturated carbocycles. The SMILES string of the molecule is CCOc1cc(CN2CCC(NC(=O)c3cncc(C)c3)CC2)ccc1-c1cccnc1. The Hall–Kier alpha value is -3.25. The number of carbonyl (C=O) groups is 1. The molecule has 4 rings (SSSR count). The fraction of sp³-hybridized carbons (Fsp3) is 0.346. The highest BCUT2D eigenvalue weighted by atomic mass is 16.5. The number of piperidine rings is 1. The highest BCUT2D eigenvalue weighted by Crippen LogP contribution is 2.31. The molecule has 0 bridgehead atoms. The molecule has 0 unspecified atom stereocenters. The van der Waals surface area contributed by atoms with Crippen LogP contribution in [0.4, 0.5) is 0 Å². The summed E-state index contributed by atoms with van der Waals surface area (Å²) in [6.45, 7) is 7.35. The molecule has 1 amide bonds. The molecule has 6 heteroatoms. The number of carbonyl (C=O) groups excluding carboxylic acids is 1. The first-order chi connectivity index (χ1) is 15.6. The second-order valence-corrected chi connectivity index (χ2v) is 8.28. The molecule has 0 spiro atoms. The Morgan fingerprint density at radius 3 is 2.69 bits per heavy atom. The number of aryl methyl sites for hydroxylation is 1. The molecule has 1 aliphatic rings. The summed E-state index contributed by atoms with van der Waals surface area (Å²) in [6.07, 6.45) is 8.91. The van der Waals surface area contributed by atoms with Gasteiger partial charge in [0.25, 0.3) is 5.91 Å². The topological polar surface area (TPSA) is 67.3 Å². The molecule has 1 saturated heterocycles. The molecular weight excluding hydrogens is 400 g/mol. The van der Waals surface area contributed by atoms with Gasteiger partial charge in [-0.3, -0.25) is 19.7 Å². The van der Waals surface area contributed by atoms with Crippen LogP contribution in [-0.4, -0.2) is 46.5 Å². The molecule has 1 aliphatic heterocycles. The highest BCUT2D eigenvalue weighted by molar-refractivity contribution is 5.94. The van der Waals surface area contributed by atoms with Crippen LogP contribution in [0.2, 0.25) is 0 Å². The van der Waals surface area contributed by atoms with Crippen molar-refractivity contribution in [3.63, 3.8) is 0 Å². The van der Waals surface area contributed by atoms with E-state index in [1.165, 1.54) is 5.56 Å². The van der Waals surface area contributed by atoms with Crippen molar-refractivity contribution >= 4 is 5.91 Å². The average molecular weight is 431 g/mol. The summed E-state index contributed by atoms with van der Waals surface area (Å²) in [5.41, 5.74) is 4.98. The summed E-state index contributed by atoms with van der Waals surface area (Å²) in [7, 11) is 0. The van der Waals surface area contributed by atoms with E-state index in [1.54, 1.807) is 18.6 Å². The smallest absolute Gasteiger partial charge is 0.253 e. The van der Waals surface area contributed by atoms with Crippen molar-refractivity contribution in [1.29, 1.82) is 0 Å². The van der Waals surface area contributed by atoms with Gasteiger partial charge in [-0.15, -0.1) is 0 Å². The predicted molar refractivity (Wildman–Crippen MR) is 126 cm³/mol. The average Bonchev–Trinajstić information content (AvgIpc) is 2.81. The number of rotatable bonds is 7. The zero-order valence-electron chi connectivity index (χ0n) is 18.8. The van der Waals surface area contributed by atoms with E-state index < -0.39 is 0 Å². The quantitative estimate of drug-likeness (QED) is 0.607. The first-order valence-corrected chi connectivity index (χ1v) is 11.2. The van der Waals surface area contributed by atoms with Gasteiger partial charge in [0.1, 0.15) is 5.75 Å². The summed E-state index contributed by atoms with van der Waals surface area (Å²) >= 11 is 0. The van der Waals surface area contributed by atoms with Gasteiger partial charge in [-0.2, -0.15) is 0 Å². The monoisotopic (exact) mass is 430 g/mol. The third-order valence-electron chi connectivity index (χ3n) is 5.78. The number of pyridine rings is 2. The molecule has 6 nitrogen and oxygen atoms in total. The zero-order valence-corrected chi connectivity index (χ0v) is 18.8. The van der Waals surface area contributed by atoms with Crippen LogP contribution in [0.1, 0.15) is 41.3 Å². The van der Waals surface area contributed by atoms with Gasteiger partial charge in [-0.1, -0.05) is 18.2 Å². The number of amides is 1. The van der Waals surface area contributed by atoms with Gasteiger partial charge >= 0.3 is 0 Å². The Kier molecular flexibility index (Phi) is 7.12. The van der Waals surface area contributed by atoms with Crippen LogP contribution >= 0.6 is 0 Å².